The summed E-state index contributed by atoms with van der Waals surface area (Å²) in [7, 11) is 0. The molecule has 0 N–H and O–H groups in total. The maximum Gasteiger partial charge on any atom is 0.160 e. The van der Waals surface area contributed by atoms with Crippen molar-refractivity contribution < 1.29 is 0 Å². The van der Waals surface area contributed by atoms with E-state index in [4.69, 9.17) is 15.0 Å². The Kier molecular flexibility index (Phi) is 14.8. The minimum absolute atomic E-state index is 0.684. The fourth-order valence-electron chi connectivity index (χ4n) is 14.9. The zero-order chi connectivity index (χ0) is 65.8. The Morgan fingerprint density at radius 2 is 0.576 bits per heavy atom. The Balaban J connectivity index is 0.000000148. The molecule has 0 amide bonds. The van der Waals surface area contributed by atoms with Crippen LogP contribution < -0.4 is 0 Å². The largest absolute Gasteiger partial charge is 0.309 e. The summed E-state index contributed by atoms with van der Waals surface area (Å²) in [5.41, 5.74) is 24.6. The number of para-hydroxylation sites is 6. The molecule has 15 aromatic carbocycles. The molecule has 0 saturated carbocycles. The molecule has 0 atom stereocenters. The first-order valence-electron chi connectivity index (χ1n) is 34.0. The van der Waals surface area contributed by atoms with Gasteiger partial charge in [-0.05, 0) is 145 Å². The highest BCUT2D eigenvalue weighted by molar-refractivity contribution is 6.21. The number of imidazole rings is 1. The van der Waals surface area contributed by atoms with Gasteiger partial charge in [-0.15, -0.1) is 0 Å². The lowest BCUT2D eigenvalue weighted by Gasteiger charge is -2.18. The summed E-state index contributed by atoms with van der Waals surface area (Å²) in [6.45, 7) is 2.17. The van der Waals surface area contributed by atoms with Crippen molar-refractivity contribution in [2.75, 3.05) is 0 Å². The Hall–Kier alpha value is -13.0. The summed E-state index contributed by atoms with van der Waals surface area (Å²) < 4.78 is 7.09. The molecule has 19 rings (SSSR count). The van der Waals surface area contributed by atoms with Crippen molar-refractivity contribution in [3.05, 3.63) is 364 Å². The molecule has 6 heteroatoms. The van der Waals surface area contributed by atoms with Crippen LogP contribution in [0, 0.1) is 0 Å². The van der Waals surface area contributed by atoms with Crippen LogP contribution in [0.1, 0.15) is 12.7 Å². The Bertz CT molecular complexity index is 5950. The van der Waals surface area contributed by atoms with Crippen LogP contribution in [0.25, 0.3) is 172 Å². The van der Waals surface area contributed by atoms with E-state index in [0.29, 0.717) is 5.82 Å². The predicted molar refractivity (Wildman–Crippen MR) is 414 cm³/mol. The minimum Gasteiger partial charge on any atom is -0.309 e. The van der Waals surface area contributed by atoms with E-state index < -0.39 is 0 Å². The molecule has 0 bridgehead atoms. The maximum absolute atomic E-state index is 5.34. The summed E-state index contributed by atoms with van der Waals surface area (Å²) >= 11 is 0. The van der Waals surface area contributed by atoms with Crippen LogP contribution in [0.4, 0.5) is 0 Å². The molecular formula is C93H64N6. The van der Waals surface area contributed by atoms with Crippen molar-refractivity contribution >= 4 is 76.2 Å². The minimum atomic E-state index is 0.684. The number of benzene rings is 15. The molecule has 0 spiro atoms. The van der Waals surface area contributed by atoms with E-state index in [1.807, 2.05) is 18.2 Å². The summed E-state index contributed by atoms with van der Waals surface area (Å²) in [4.78, 5) is 15.5. The van der Waals surface area contributed by atoms with Gasteiger partial charge in [0.2, 0.25) is 0 Å². The third kappa shape index (κ3) is 10.5. The van der Waals surface area contributed by atoms with Crippen LogP contribution in [0.3, 0.4) is 0 Å². The van der Waals surface area contributed by atoms with Gasteiger partial charge in [-0.25, -0.2) is 15.0 Å². The summed E-state index contributed by atoms with van der Waals surface area (Å²) in [6, 6.07) is 128. The molecule has 99 heavy (non-hydrogen) atoms. The number of fused-ring (bicyclic) bond motifs is 9. The van der Waals surface area contributed by atoms with E-state index in [2.05, 4.69) is 360 Å². The Labute approximate surface area is 573 Å². The zero-order valence-electron chi connectivity index (χ0n) is 54.5. The second-order valence-electron chi connectivity index (χ2n) is 25.3. The molecule has 0 aliphatic rings. The van der Waals surface area contributed by atoms with Gasteiger partial charge in [0.05, 0.1) is 44.5 Å². The first-order valence-corrected chi connectivity index (χ1v) is 34.0. The van der Waals surface area contributed by atoms with Gasteiger partial charge in [-0.1, -0.05) is 286 Å². The molecule has 0 saturated heterocycles. The molecule has 4 heterocycles. The van der Waals surface area contributed by atoms with Gasteiger partial charge in [-0.2, -0.15) is 0 Å². The zero-order valence-corrected chi connectivity index (χ0v) is 54.5. The predicted octanol–water partition coefficient (Wildman–Crippen LogP) is 24.2. The van der Waals surface area contributed by atoms with Crippen molar-refractivity contribution in [2.45, 2.75) is 13.3 Å². The molecular weight excluding hydrogens is 1200 g/mol. The van der Waals surface area contributed by atoms with Gasteiger partial charge >= 0.3 is 0 Å². The standard InChI is InChI=1S/C52H34N4.C41H30N2/c1-3-16-35(17-4-1)37-20-15-21-38(30-37)46-34-47(54-52(53-46)36-18-5-2-6-19-36)39-31-40(55-48-26-11-7-22-42(48)43-23-8-12-27-49(43)55)33-41(32-39)56-50-28-13-9-24-44(50)45-25-10-14-29-51(45)56;1-2-39-42-37-18-10-11-19-38(37)43(39)32-26-24-31(25-27-32)41-35-16-8-6-14-33(35)40(34-15-7-9-17-36(34)41)30-22-20-29(21-23-30)28-12-4-3-5-13-28/h1-34H;3-27H,2H2,1H3. The topological polar surface area (TPSA) is 53.5 Å². The van der Waals surface area contributed by atoms with Crippen LogP contribution in [0.5, 0.6) is 0 Å². The first kappa shape index (κ1) is 58.5. The van der Waals surface area contributed by atoms with Gasteiger partial charge in [0, 0.05) is 61.7 Å². The fraction of sp³-hybridized carbons (Fsp3) is 0.0215. The van der Waals surface area contributed by atoms with E-state index in [1.54, 1.807) is 0 Å². The SMILES string of the molecule is CCc1nc2ccccc2n1-c1ccc(-c2c3ccccc3c(-c3ccc(-c4ccccc4)cc3)c3ccccc23)cc1.c1ccc(-c2cccc(-c3cc(-c4cc(-n5c6ccccc6c6ccccc65)cc(-n5c6ccccc6c6ccccc65)c4)nc(-c4ccccc4)n3)c2)cc1. The quantitative estimate of drug-likeness (QED) is 0.121. The number of nitrogens with zero attached hydrogens (tertiary/aromatic N) is 6. The van der Waals surface area contributed by atoms with Gasteiger partial charge < -0.3 is 9.13 Å². The van der Waals surface area contributed by atoms with E-state index in [-0.39, 0.29) is 0 Å². The van der Waals surface area contributed by atoms with Crippen LogP contribution in [0.2, 0.25) is 0 Å². The lowest BCUT2D eigenvalue weighted by atomic mass is 9.85. The van der Waals surface area contributed by atoms with Crippen molar-refractivity contribution in [3.63, 3.8) is 0 Å². The van der Waals surface area contributed by atoms with E-state index in [9.17, 15) is 0 Å². The second-order valence-corrected chi connectivity index (χ2v) is 25.3. The number of aryl methyl sites for hydroxylation is 1. The molecule has 0 unspecified atom stereocenters. The van der Waals surface area contributed by atoms with Crippen LogP contribution >= 0.6 is 0 Å². The number of aromatic nitrogens is 6. The first-order chi connectivity index (χ1) is 49.1. The summed E-state index contributed by atoms with van der Waals surface area (Å²) in [5.74, 6) is 1.76. The Morgan fingerprint density at radius 1 is 0.222 bits per heavy atom. The van der Waals surface area contributed by atoms with E-state index in [0.717, 1.165) is 96.0 Å². The summed E-state index contributed by atoms with van der Waals surface area (Å²) in [6.07, 6.45) is 0.875. The lowest BCUT2D eigenvalue weighted by Crippen LogP contribution is -2.01. The molecule has 0 radical (unpaired) electrons. The maximum atomic E-state index is 5.34. The summed E-state index contributed by atoms with van der Waals surface area (Å²) in [5, 5.41) is 9.95. The highest BCUT2D eigenvalue weighted by atomic mass is 15.1. The number of hydrogen-bond donors (Lipinski definition) is 0. The van der Waals surface area contributed by atoms with Crippen LogP contribution in [-0.4, -0.2) is 28.7 Å². The van der Waals surface area contributed by atoms with Gasteiger partial charge in [0.25, 0.3) is 0 Å². The fourth-order valence-corrected chi connectivity index (χ4v) is 14.9. The third-order valence-corrected chi connectivity index (χ3v) is 19.5. The average Bonchev–Trinajstić information content (AvgIpc) is 1.73. The van der Waals surface area contributed by atoms with Gasteiger partial charge in [-0.3, -0.25) is 4.57 Å². The third-order valence-electron chi connectivity index (χ3n) is 19.5. The van der Waals surface area contributed by atoms with Crippen LogP contribution in [0.15, 0.2) is 358 Å². The van der Waals surface area contributed by atoms with Crippen molar-refractivity contribution in [1.82, 2.24) is 28.7 Å². The monoisotopic (exact) mass is 1260 g/mol. The molecule has 6 nitrogen and oxygen atoms in total. The molecule has 4 aromatic heterocycles. The molecule has 19 aromatic rings. The van der Waals surface area contributed by atoms with Crippen molar-refractivity contribution in [3.8, 4) is 95.5 Å². The molecule has 0 fully saturated rings. The smallest absolute Gasteiger partial charge is 0.160 e. The molecule has 0 aliphatic carbocycles. The highest BCUT2D eigenvalue weighted by Gasteiger charge is 2.22. The van der Waals surface area contributed by atoms with Crippen LogP contribution in [-0.2, 0) is 6.42 Å². The highest BCUT2D eigenvalue weighted by Crippen LogP contribution is 2.45. The Morgan fingerprint density at radius 3 is 1.05 bits per heavy atom. The van der Waals surface area contributed by atoms with E-state index >= 15 is 0 Å². The normalized spacial score (nSPS) is 11.5. The lowest BCUT2D eigenvalue weighted by molar-refractivity contribution is 0.908. The average molecular weight is 1270 g/mol. The van der Waals surface area contributed by atoms with Crippen molar-refractivity contribution in [2.24, 2.45) is 0 Å². The van der Waals surface area contributed by atoms with E-state index in [1.165, 1.54) is 82.0 Å². The molecule has 0 aliphatic heterocycles. The molecule has 466 valence electrons. The van der Waals surface area contributed by atoms with Gasteiger partial charge in [0.15, 0.2) is 5.82 Å². The van der Waals surface area contributed by atoms with Gasteiger partial charge in [0.1, 0.15) is 5.82 Å². The number of rotatable bonds is 11. The number of hydrogen-bond acceptors (Lipinski definition) is 3. The van der Waals surface area contributed by atoms with Crippen molar-refractivity contribution in [1.29, 1.82) is 0 Å². The second kappa shape index (κ2) is 24.9.